The highest BCUT2D eigenvalue weighted by Crippen LogP contribution is 2.38. The summed E-state index contributed by atoms with van der Waals surface area (Å²) in [6, 6.07) is 11.3. The monoisotopic (exact) mass is 448 g/mol. The molecule has 0 aliphatic heterocycles. The van der Waals surface area contributed by atoms with Crippen molar-refractivity contribution in [1.29, 1.82) is 0 Å². The van der Waals surface area contributed by atoms with Gasteiger partial charge in [-0.2, -0.15) is 13.2 Å². The van der Waals surface area contributed by atoms with Crippen molar-refractivity contribution < 1.29 is 23.0 Å². The Hall–Kier alpha value is -2.35. The van der Waals surface area contributed by atoms with Gasteiger partial charge in [0.15, 0.2) is 6.29 Å². The van der Waals surface area contributed by atoms with Crippen LogP contribution in [-0.4, -0.2) is 34.6 Å². The normalized spacial score (nSPS) is 14.3. The SMILES string of the molecule is CCN(CC)CCc1ccc2[nH]c(C)c(C(O)OC(C)c3ccccc3C(F)(F)F)c2c1. The first-order valence-corrected chi connectivity index (χ1v) is 11.0. The van der Waals surface area contributed by atoms with Crippen molar-refractivity contribution in [2.24, 2.45) is 0 Å². The number of nitrogens with one attached hydrogen (secondary N) is 1. The van der Waals surface area contributed by atoms with Gasteiger partial charge in [0.25, 0.3) is 0 Å². The van der Waals surface area contributed by atoms with Gasteiger partial charge < -0.3 is 19.7 Å². The lowest BCUT2D eigenvalue weighted by Crippen LogP contribution is -2.25. The van der Waals surface area contributed by atoms with E-state index < -0.39 is 24.1 Å². The molecule has 3 rings (SSSR count). The molecule has 0 aliphatic carbocycles. The number of fused-ring (bicyclic) bond motifs is 1. The fourth-order valence-corrected chi connectivity index (χ4v) is 4.14. The summed E-state index contributed by atoms with van der Waals surface area (Å²) in [4.78, 5) is 5.58. The van der Waals surface area contributed by atoms with Gasteiger partial charge in [0, 0.05) is 28.7 Å². The van der Waals surface area contributed by atoms with Crippen LogP contribution in [0.2, 0.25) is 0 Å². The second kappa shape index (κ2) is 10.1. The second-order valence-electron chi connectivity index (χ2n) is 8.04. The third-order valence-electron chi connectivity index (χ3n) is 6.00. The van der Waals surface area contributed by atoms with Crippen molar-refractivity contribution in [2.45, 2.75) is 52.7 Å². The molecule has 32 heavy (non-hydrogen) atoms. The van der Waals surface area contributed by atoms with Crippen LogP contribution in [0, 0.1) is 6.92 Å². The maximum atomic E-state index is 13.4. The van der Waals surface area contributed by atoms with Gasteiger partial charge in [0.05, 0.1) is 11.7 Å². The Kier molecular flexibility index (Phi) is 7.64. The maximum absolute atomic E-state index is 13.4. The molecule has 0 spiro atoms. The number of aliphatic hydroxyl groups is 1. The molecule has 7 heteroatoms. The molecule has 2 unspecified atom stereocenters. The standard InChI is InChI=1S/C25H31F3N2O2/c1-5-30(6-2)14-13-18-11-12-22-20(15-18)23(16(3)29-22)24(31)32-17(4)19-9-7-8-10-21(19)25(26,27)28/h7-12,15,17,24,29,31H,5-6,13-14H2,1-4H3. The molecule has 0 saturated carbocycles. The van der Waals surface area contributed by atoms with Gasteiger partial charge in [0.2, 0.25) is 0 Å². The molecule has 0 bridgehead atoms. The van der Waals surface area contributed by atoms with Gasteiger partial charge in [-0.05, 0) is 62.7 Å². The number of aryl methyl sites for hydroxylation is 1. The van der Waals surface area contributed by atoms with E-state index in [0.29, 0.717) is 5.56 Å². The number of alkyl halides is 3. The van der Waals surface area contributed by atoms with E-state index in [-0.39, 0.29) is 5.56 Å². The van der Waals surface area contributed by atoms with Crippen LogP contribution in [0.25, 0.3) is 10.9 Å². The number of aromatic nitrogens is 1. The number of halogens is 3. The van der Waals surface area contributed by atoms with E-state index >= 15 is 0 Å². The Labute approximate surface area is 187 Å². The summed E-state index contributed by atoms with van der Waals surface area (Å²) in [5.41, 5.74) is 2.51. The first-order valence-electron chi connectivity index (χ1n) is 11.0. The summed E-state index contributed by atoms with van der Waals surface area (Å²) < 4.78 is 45.9. The topological polar surface area (TPSA) is 48.5 Å². The van der Waals surface area contributed by atoms with Gasteiger partial charge >= 0.3 is 6.18 Å². The molecule has 0 saturated heterocycles. The molecular formula is C25H31F3N2O2. The zero-order valence-electron chi connectivity index (χ0n) is 19.0. The van der Waals surface area contributed by atoms with Crippen LogP contribution in [-0.2, 0) is 17.3 Å². The third-order valence-corrected chi connectivity index (χ3v) is 6.00. The molecule has 1 heterocycles. The van der Waals surface area contributed by atoms with Crippen molar-refractivity contribution in [3.8, 4) is 0 Å². The average molecular weight is 449 g/mol. The Balaban J connectivity index is 1.85. The number of aromatic amines is 1. The summed E-state index contributed by atoms with van der Waals surface area (Å²) in [6.07, 6.45) is -5.93. The second-order valence-corrected chi connectivity index (χ2v) is 8.04. The minimum absolute atomic E-state index is 0.00328. The summed E-state index contributed by atoms with van der Waals surface area (Å²) in [6.45, 7) is 10.5. The van der Waals surface area contributed by atoms with E-state index in [1.165, 1.54) is 25.1 Å². The molecule has 0 radical (unpaired) electrons. The first kappa shape index (κ1) is 24.3. The van der Waals surface area contributed by atoms with Crippen LogP contribution in [0.5, 0.6) is 0 Å². The van der Waals surface area contributed by atoms with E-state index in [4.69, 9.17) is 4.74 Å². The number of ether oxygens (including phenoxy) is 1. The number of nitrogens with zero attached hydrogens (tertiary/aromatic N) is 1. The molecule has 2 aromatic carbocycles. The van der Waals surface area contributed by atoms with Gasteiger partial charge in [-0.25, -0.2) is 0 Å². The Morgan fingerprint density at radius 1 is 1.09 bits per heavy atom. The fraction of sp³-hybridized carbons (Fsp3) is 0.440. The molecule has 4 nitrogen and oxygen atoms in total. The number of hydrogen-bond acceptors (Lipinski definition) is 3. The average Bonchev–Trinajstić information content (AvgIpc) is 3.08. The number of aliphatic hydroxyl groups excluding tert-OH is 1. The van der Waals surface area contributed by atoms with Crippen LogP contribution in [0.4, 0.5) is 13.2 Å². The summed E-state index contributed by atoms with van der Waals surface area (Å²) in [5.74, 6) is 0. The highest BCUT2D eigenvalue weighted by atomic mass is 19.4. The van der Waals surface area contributed by atoms with Gasteiger partial charge in [-0.1, -0.05) is 38.1 Å². The number of rotatable bonds is 9. The van der Waals surface area contributed by atoms with Crippen molar-refractivity contribution in [2.75, 3.05) is 19.6 Å². The quantitative estimate of drug-likeness (QED) is 0.386. The molecule has 0 aliphatic rings. The lowest BCUT2D eigenvalue weighted by Gasteiger charge is -2.22. The summed E-state index contributed by atoms with van der Waals surface area (Å²) >= 11 is 0. The lowest BCUT2D eigenvalue weighted by molar-refractivity contribution is -0.150. The zero-order valence-corrected chi connectivity index (χ0v) is 19.0. The predicted octanol–water partition coefficient (Wildman–Crippen LogP) is 6.15. The van der Waals surface area contributed by atoms with Crippen molar-refractivity contribution in [1.82, 2.24) is 9.88 Å². The number of benzene rings is 2. The molecular weight excluding hydrogens is 417 g/mol. The fourth-order valence-electron chi connectivity index (χ4n) is 4.14. The third kappa shape index (κ3) is 5.34. The van der Waals surface area contributed by atoms with Crippen molar-refractivity contribution >= 4 is 10.9 Å². The van der Waals surface area contributed by atoms with Crippen molar-refractivity contribution in [3.63, 3.8) is 0 Å². The number of H-pyrrole nitrogens is 1. The molecule has 174 valence electrons. The maximum Gasteiger partial charge on any atom is 0.416 e. The van der Waals surface area contributed by atoms with Crippen LogP contribution in [0.15, 0.2) is 42.5 Å². The molecule has 1 aromatic heterocycles. The highest BCUT2D eigenvalue weighted by molar-refractivity contribution is 5.85. The predicted molar refractivity (Wildman–Crippen MR) is 120 cm³/mol. The molecule has 0 fully saturated rings. The van der Waals surface area contributed by atoms with E-state index in [0.717, 1.165) is 54.3 Å². The molecule has 2 atom stereocenters. The first-order chi connectivity index (χ1) is 15.2. The van der Waals surface area contributed by atoms with Gasteiger partial charge in [0.1, 0.15) is 0 Å². The molecule has 2 N–H and O–H groups in total. The number of likely N-dealkylation sites (N-methyl/N-ethyl adjacent to an activating group) is 1. The number of hydrogen-bond donors (Lipinski definition) is 2. The largest absolute Gasteiger partial charge is 0.416 e. The van der Waals surface area contributed by atoms with Crippen LogP contribution >= 0.6 is 0 Å². The Morgan fingerprint density at radius 2 is 1.78 bits per heavy atom. The van der Waals surface area contributed by atoms with Crippen molar-refractivity contribution in [3.05, 3.63) is 70.4 Å². The van der Waals surface area contributed by atoms with Crippen LogP contribution in [0.1, 0.15) is 61.1 Å². The van der Waals surface area contributed by atoms with Gasteiger partial charge in [-0.3, -0.25) is 0 Å². The van der Waals surface area contributed by atoms with E-state index in [1.807, 2.05) is 19.1 Å². The highest BCUT2D eigenvalue weighted by Gasteiger charge is 2.35. The lowest BCUT2D eigenvalue weighted by atomic mass is 10.0. The molecule has 3 aromatic rings. The zero-order chi connectivity index (χ0) is 23.5. The van der Waals surface area contributed by atoms with E-state index in [2.05, 4.69) is 29.8 Å². The summed E-state index contributed by atoms with van der Waals surface area (Å²) in [7, 11) is 0. The Morgan fingerprint density at radius 3 is 2.44 bits per heavy atom. The smallest absolute Gasteiger partial charge is 0.364 e. The van der Waals surface area contributed by atoms with Crippen LogP contribution < -0.4 is 0 Å². The Bertz CT molecular complexity index is 1040. The van der Waals surface area contributed by atoms with Crippen LogP contribution in [0.3, 0.4) is 0 Å². The van der Waals surface area contributed by atoms with E-state index in [9.17, 15) is 18.3 Å². The van der Waals surface area contributed by atoms with Gasteiger partial charge in [-0.15, -0.1) is 0 Å². The van der Waals surface area contributed by atoms with E-state index in [1.54, 1.807) is 0 Å². The summed E-state index contributed by atoms with van der Waals surface area (Å²) in [5, 5.41) is 11.7. The molecule has 0 amide bonds. The minimum atomic E-state index is -4.49. The minimum Gasteiger partial charge on any atom is -0.364 e.